The molecule has 0 aliphatic rings. The number of rotatable bonds is 6. The highest BCUT2D eigenvalue weighted by Crippen LogP contribution is 2.19. The zero-order valence-corrected chi connectivity index (χ0v) is 14.0. The summed E-state index contributed by atoms with van der Waals surface area (Å²) in [5, 5.41) is 13.8. The van der Waals surface area contributed by atoms with Crippen molar-refractivity contribution in [1.82, 2.24) is 10.3 Å². The molecule has 0 saturated heterocycles. The molecule has 0 unspecified atom stereocenters. The average molecular weight is 327 g/mol. The summed E-state index contributed by atoms with van der Waals surface area (Å²) in [6.07, 6.45) is 1.55. The van der Waals surface area contributed by atoms with Crippen molar-refractivity contribution in [3.8, 4) is 11.5 Å². The number of nitrogens with zero attached hydrogens (tertiary/aromatic N) is 2. The molecule has 2 rings (SSSR count). The fraction of sp³-hybridized carbons (Fsp3) is 0.222. The SMILES string of the molecule is COc1ccc(/C=N/NC(=O)c2ccc(O)c(CN(C)C)c2)cc1. The number of ether oxygens (including phenoxy) is 1. The van der Waals surface area contributed by atoms with Crippen LogP contribution in [0.2, 0.25) is 0 Å². The molecule has 0 fully saturated rings. The molecule has 0 radical (unpaired) electrons. The number of carbonyl (C=O) groups is 1. The molecule has 2 N–H and O–H groups in total. The summed E-state index contributed by atoms with van der Waals surface area (Å²) < 4.78 is 5.08. The highest BCUT2D eigenvalue weighted by atomic mass is 16.5. The number of phenolic OH excluding ortho intramolecular Hbond substituents is 1. The number of amides is 1. The van der Waals surface area contributed by atoms with Crippen LogP contribution >= 0.6 is 0 Å². The molecule has 6 heteroatoms. The normalized spacial score (nSPS) is 11.0. The van der Waals surface area contributed by atoms with Gasteiger partial charge >= 0.3 is 0 Å². The molecule has 2 aromatic carbocycles. The van der Waals surface area contributed by atoms with Crippen LogP contribution in [-0.2, 0) is 6.54 Å². The van der Waals surface area contributed by atoms with Crippen LogP contribution in [0.1, 0.15) is 21.5 Å². The van der Waals surface area contributed by atoms with Crippen LogP contribution in [-0.4, -0.2) is 43.3 Å². The van der Waals surface area contributed by atoms with E-state index in [1.807, 2.05) is 43.3 Å². The van der Waals surface area contributed by atoms with E-state index in [4.69, 9.17) is 4.74 Å². The number of aromatic hydroxyl groups is 1. The Morgan fingerprint density at radius 2 is 1.96 bits per heavy atom. The molecule has 0 heterocycles. The summed E-state index contributed by atoms with van der Waals surface area (Å²) in [5.41, 5.74) is 4.45. The standard InChI is InChI=1S/C18H21N3O3/c1-21(2)12-15-10-14(6-9-17(15)22)18(23)20-19-11-13-4-7-16(24-3)8-5-13/h4-11,22H,12H2,1-3H3,(H,20,23)/b19-11+. The van der Waals surface area contributed by atoms with Gasteiger partial charge in [0.1, 0.15) is 11.5 Å². The predicted molar refractivity (Wildman–Crippen MR) is 93.6 cm³/mol. The van der Waals surface area contributed by atoms with Gasteiger partial charge in [-0.25, -0.2) is 5.43 Å². The molecule has 0 aromatic heterocycles. The second-order valence-electron chi connectivity index (χ2n) is 5.55. The number of benzene rings is 2. The van der Waals surface area contributed by atoms with E-state index in [9.17, 15) is 9.90 Å². The van der Waals surface area contributed by atoms with Crippen molar-refractivity contribution < 1.29 is 14.6 Å². The zero-order valence-electron chi connectivity index (χ0n) is 14.0. The third-order valence-electron chi connectivity index (χ3n) is 3.32. The molecule has 0 atom stereocenters. The maximum atomic E-state index is 12.1. The fourth-order valence-corrected chi connectivity index (χ4v) is 2.11. The highest BCUT2D eigenvalue weighted by molar-refractivity contribution is 5.95. The maximum absolute atomic E-state index is 12.1. The lowest BCUT2D eigenvalue weighted by atomic mass is 10.1. The summed E-state index contributed by atoms with van der Waals surface area (Å²) in [6.45, 7) is 0.544. The minimum absolute atomic E-state index is 0.169. The van der Waals surface area contributed by atoms with E-state index in [2.05, 4.69) is 10.5 Å². The van der Waals surface area contributed by atoms with Crippen LogP contribution in [0.25, 0.3) is 0 Å². The number of carbonyl (C=O) groups excluding carboxylic acids is 1. The molecule has 24 heavy (non-hydrogen) atoms. The minimum atomic E-state index is -0.334. The molecular weight excluding hydrogens is 306 g/mol. The molecule has 0 aliphatic heterocycles. The quantitative estimate of drug-likeness (QED) is 0.630. The number of hydrogen-bond donors (Lipinski definition) is 2. The predicted octanol–water partition coefficient (Wildman–Crippen LogP) is 2.23. The van der Waals surface area contributed by atoms with Gasteiger partial charge in [0.05, 0.1) is 13.3 Å². The van der Waals surface area contributed by atoms with Gasteiger partial charge in [0.2, 0.25) is 0 Å². The smallest absolute Gasteiger partial charge is 0.271 e. The van der Waals surface area contributed by atoms with E-state index < -0.39 is 0 Å². The van der Waals surface area contributed by atoms with Gasteiger partial charge in [-0.1, -0.05) is 0 Å². The van der Waals surface area contributed by atoms with Crippen LogP contribution < -0.4 is 10.2 Å². The van der Waals surface area contributed by atoms with Crippen molar-refractivity contribution in [3.05, 3.63) is 59.2 Å². The van der Waals surface area contributed by atoms with E-state index in [1.54, 1.807) is 25.5 Å². The molecule has 6 nitrogen and oxygen atoms in total. The first kappa shape index (κ1) is 17.5. The number of phenols is 1. The Morgan fingerprint density at radius 3 is 2.58 bits per heavy atom. The second-order valence-corrected chi connectivity index (χ2v) is 5.55. The lowest BCUT2D eigenvalue weighted by Crippen LogP contribution is -2.18. The first-order valence-electron chi connectivity index (χ1n) is 7.43. The molecule has 0 saturated carbocycles. The van der Waals surface area contributed by atoms with Gasteiger partial charge in [-0.2, -0.15) is 5.10 Å². The van der Waals surface area contributed by atoms with Gasteiger partial charge in [0.15, 0.2) is 0 Å². The summed E-state index contributed by atoms with van der Waals surface area (Å²) in [4.78, 5) is 14.1. The number of nitrogens with one attached hydrogen (secondary N) is 1. The third kappa shape index (κ3) is 4.82. The Balaban J connectivity index is 2.02. The first-order valence-corrected chi connectivity index (χ1v) is 7.43. The molecule has 0 spiro atoms. The average Bonchev–Trinajstić information content (AvgIpc) is 2.57. The molecular formula is C18H21N3O3. The van der Waals surface area contributed by atoms with E-state index in [1.165, 1.54) is 6.07 Å². The molecule has 126 valence electrons. The number of hydrazone groups is 1. The molecule has 1 amide bonds. The molecule has 0 aliphatic carbocycles. The van der Waals surface area contributed by atoms with Crippen molar-refractivity contribution in [3.63, 3.8) is 0 Å². The van der Waals surface area contributed by atoms with E-state index in [0.717, 1.165) is 11.3 Å². The largest absolute Gasteiger partial charge is 0.508 e. The first-order chi connectivity index (χ1) is 11.5. The van der Waals surface area contributed by atoms with Crippen LogP contribution in [0.15, 0.2) is 47.6 Å². The Kier molecular flexibility index (Phi) is 5.92. The van der Waals surface area contributed by atoms with Gasteiger partial charge in [-0.3, -0.25) is 4.79 Å². The van der Waals surface area contributed by atoms with Gasteiger partial charge < -0.3 is 14.7 Å². The fourth-order valence-electron chi connectivity index (χ4n) is 2.11. The Labute approximate surface area is 141 Å². The van der Waals surface area contributed by atoms with Crippen LogP contribution in [0.4, 0.5) is 0 Å². The van der Waals surface area contributed by atoms with Gasteiger partial charge in [0, 0.05) is 17.7 Å². The van der Waals surface area contributed by atoms with Crippen molar-refractivity contribution in [1.29, 1.82) is 0 Å². The lowest BCUT2D eigenvalue weighted by molar-refractivity contribution is 0.0955. The van der Waals surface area contributed by atoms with E-state index >= 15 is 0 Å². The van der Waals surface area contributed by atoms with Crippen molar-refractivity contribution in [2.24, 2.45) is 5.10 Å². The van der Waals surface area contributed by atoms with Crippen LogP contribution in [0.3, 0.4) is 0 Å². The Hall–Kier alpha value is -2.86. The number of methoxy groups -OCH3 is 1. The minimum Gasteiger partial charge on any atom is -0.508 e. The lowest BCUT2D eigenvalue weighted by Gasteiger charge is -2.12. The zero-order chi connectivity index (χ0) is 17.5. The van der Waals surface area contributed by atoms with Crippen LogP contribution in [0, 0.1) is 0 Å². The van der Waals surface area contributed by atoms with Crippen molar-refractivity contribution in [2.45, 2.75) is 6.54 Å². The Morgan fingerprint density at radius 1 is 1.25 bits per heavy atom. The van der Waals surface area contributed by atoms with Crippen molar-refractivity contribution >= 4 is 12.1 Å². The van der Waals surface area contributed by atoms with E-state index in [0.29, 0.717) is 17.7 Å². The van der Waals surface area contributed by atoms with Gasteiger partial charge in [-0.15, -0.1) is 0 Å². The monoisotopic (exact) mass is 327 g/mol. The topological polar surface area (TPSA) is 74.2 Å². The van der Waals surface area contributed by atoms with Gasteiger partial charge in [0.25, 0.3) is 5.91 Å². The highest BCUT2D eigenvalue weighted by Gasteiger charge is 2.09. The Bertz CT molecular complexity index is 725. The van der Waals surface area contributed by atoms with Crippen molar-refractivity contribution in [2.75, 3.05) is 21.2 Å². The van der Waals surface area contributed by atoms with Gasteiger partial charge in [-0.05, 0) is 62.1 Å². The van der Waals surface area contributed by atoms with Crippen LogP contribution in [0.5, 0.6) is 11.5 Å². The molecule has 2 aromatic rings. The summed E-state index contributed by atoms with van der Waals surface area (Å²) in [5.74, 6) is 0.593. The summed E-state index contributed by atoms with van der Waals surface area (Å²) in [6, 6.07) is 12.0. The number of hydrogen-bond acceptors (Lipinski definition) is 5. The summed E-state index contributed by atoms with van der Waals surface area (Å²) in [7, 11) is 5.39. The molecule has 0 bridgehead atoms. The van der Waals surface area contributed by atoms with E-state index in [-0.39, 0.29) is 11.7 Å². The third-order valence-corrected chi connectivity index (χ3v) is 3.32. The second kappa shape index (κ2) is 8.12. The maximum Gasteiger partial charge on any atom is 0.271 e. The summed E-state index contributed by atoms with van der Waals surface area (Å²) >= 11 is 0.